The van der Waals surface area contributed by atoms with Gasteiger partial charge >= 0.3 is 0 Å². The number of nitrogens with zero attached hydrogens (tertiary/aromatic N) is 9. The Morgan fingerprint density at radius 1 is 0.750 bits per heavy atom. The van der Waals surface area contributed by atoms with Gasteiger partial charge in [-0.1, -0.05) is 36.4 Å². The number of likely N-dealkylation sites (N-methyl/N-ethyl adjacent to an activating group) is 1. The molecule has 5 heterocycles. The Balaban J connectivity index is 1.23. The lowest BCUT2D eigenvalue weighted by Gasteiger charge is -2.45. The molecule has 0 radical (unpaired) electrons. The number of piperazine rings is 2. The molecule has 3 saturated heterocycles. The molecule has 3 fully saturated rings. The summed E-state index contributed by atoms with van der Waals surface area (Å²) in [5.74, 6) is 0.664. The van der Waals surface area contributed by atoms with Crippen LogP contribution >= 0.6 is 0 Å². The summed E-state index contributed by atoms with van der Waals surface area (Å²) in [5.41, 5.74) is 8.08. The Kier molecular flexibility index (Phi) is 8.50. The van der Waals surface area contributed by atoms with E-state index in [1.165, 1.54) is 42.0 Å². The molecule has 4 aliphatic heterocycles. The van der Waals surface area contributed by atoms with E-state index < -0.39 is 0 Å². The third-order valence-corrected chi connectivity index (χ3v) is 10.5. The van der Waals surface area contributed by atoms with Crippen LogP contribution in [0.2, 0.25) is 0 Å². The van der Waals surface area contributed by atoms with Crippen molar-refractivity contribution in [1.29, 1.82) is 0 Å². The zero-order valence-electron chi connectivity index (χ0n) is 28.5. The highest BCUT2D eigenvalue weighted by Gasteiger charge is 2.34. The van der Waals surface area contributed by atoms with Crippen LogP contribution in [0.25, 0.3) is 5.69 Å². The van der Waals surface area contributed by atoms with Gasteiger partial charge in [-0.2, -0.15) is 4.98 Å². The van der Waals surface area contributed by atoms with Gasteiger partial charge in [-0.25, -0.2) is 4.68 Å². The average molecular weight is 642 g/mol. The van der Waals surface area contributed by atoms with Gasteiger partial charge in [-0.05, 0) is 100 Å². The second kappa shape index (κ2) is 13.2. The molecule has 0 amide bonds. The number of allylic oxidation sites excluding steroid dienone is 2. The average Bonchev–Trinajstić information content (AvgIpc) is 3.79. The van der Waals surface area contributed by atoms with Crippen molar-refractivity contribution in [2.75, 3.05) is 74.1 Å². The van der Waals surface area contributed by atoms with Crippen LogP contribution in [-0.4, -0.2) is 101 Å². The summed E-state index contributed by atoms with van der Waals surface area (Å²) in [6.45, 7) is 13.1. The monoisotopic (exact) mass is 641 g/mol. The van der Waals surface area contributed by atoms with Gasteiger partial charge in [0.2, 0.25) is 0 Å². The maximum absolute atomic E-state index is 5.10. The first kappa shape index (κ1) is 30.9. The molecule has 0 N–H and O–H groups in total. The number of para-hydroxylation sites is 2. The van der Waals surface area contributed by atoms with Crippen LogP contribution in [0.15, 0.2) is 109 Å². The van der Waals surface area contributed by atoms with Crippen molar-refractivity contribution < 1.29 is 0 Å². The maximum Gasteiger partial charge on any atom is 0.254 e. The molecule has 0 bridgehead atoms. The van der Waals surface area contributed by atoms with Gasteiger partial charge in [0.1, 0.15) is 12.5 Å². The summed E-state index contributed by atoms with van der Waals surface area (Å²) < 4.78 is 1.88. The molecule has 8 rings (SSSR count). The van der Waals surface area contributed by atoms with E-state index in [1.54, 1.807) is 0 Å². The zero-order chi connectivity index (χ0) is 32.6. The molecule has 3 aromatic carbocycles. The smallest absolute Gasteiger partial charge is 0.254 e. The predicted octanol–water partition coefficient (Wildman–Crippen LogP) is 5.88. The topological polar surface area (TPSA) is 50.2 Å². The molecule has 1 unspecified atom stereocenters. The van der Waals surface area contributed by atoms with Crippen LogP contribution < -0.4 is 14.7 Å². The first-order valence-electron chi connectivity index (χ1n) is 17.5. The number of rotatable bonds is 7. The van der Waals surface area contributed by atoms with E-state index in [-0.39, 0.29) is 6.17 Å². The van der Waals surface area contributed by atoms with Crippen molar-refractivity contribution in [2.45, 2.75) is 38.9 Å². The minimum Gasteiger partial charge on any atom is -0.369 e. The molecule has 4 aromatic rings. The molecule has 2 atom stereocenters. The highest BCUT2D eigenvalue weighted by molar-refractivity contribution is 5.72. The fourth-order valence-corrected chi connectivity index (χ4v) is 7.93. The summed E-state index contributed by atoms with van der Waals surface area (Å²) in [6, 6.07) is 28.7. The van der Waals surface area contributed by atoms with Crippen molar-refractivity contribution in [2.24, 2.45) is 0 Å². The third kappa shape index (κ3) is 6.14. The molecule has 48 heavy (non-hydrogen) atoms. The lowest BCUT2D eigenvalue weighted by Crippen LogP contribution is -2.55. The molecule has 0 aliphatic carbocycles. The molecular weight excluding hydrogens is 594 g/mol. The summed E-state index contributed by atoms with van der Waals surface area (Å²) >= 11 is 0. The molecule has 9 nitrogen and oxygen atoms in total. The Morgan fingerprint density at radius 3 is 2.25 bits per heavy atom. The second-order valence-electron chi connectivity index (χ2n) is 13.8. The lowest BCUT2D eigenvalue weighted by atomic mass is 10.1. The van der Waals surface area contributed by atoms with E-state index in [0.717, 1.165) is 62.9 Å². The van der Waals surface area contributed by atoms with Crippen molar-refractivity contribution in [3.05, 3.63) is 114 Å². The standard InChI is InChI=1S/C39H47N9/c1-30-23-35(45-22-21-43-16-10-15-34(43)28-45)26-36(24-30)48(39-40-29-46(41-39)32-11-6-4-7-12-32)37-25-31(2)47(33-13-8-5-9-14-33)38(27-37)44-19-17-42(3)18-20-44/h4-9,11-14,23-27,29,34,38H,10,15-22,28H2,1-3H3/t34-,38?/m1/s1. The quantitative estimate of drug-likeness (QED) is 0.248. The number of benzene rings is 3. The SMILES string of the molecule is CC1=CC(N(c2cc(C)cc(N3CCN4CCC[C@@H]4C3)c2)c2ncn(-c3ccccc3)n2)=CC(N2CCN(C)CC2)N1c1ccccc1. The van der Waals surface area contributed by atoms with Crippen molar-refractivity contribution in [3.63, 3.8) is 0 Å². The fraction of sp³-hybridized carbons (Fsp3) is 0.385. The summed E-state index contributed by atoms with van der Waals surface area (Å²) in [6.07, 6.45) is 9.23. The van der Waals surface area contributed by atoms with Gasteiger partial charge in [0.05, 0.1) is 17.1 Å². The van der Waals surface area contributed by atoms with Crippen molar-refractivity contribution >= 4 is 23.0 Å². The number of aryl methyl sites for hydroxylation is 1. The van der Waals surface area contributed by atoms with Gasteiger partial charge < -0.3 is 14.7 Å². The first-order chi connectivity index (χ1) is 23.5. The van der Waals surface area contributed by atoms with Crippen molar-refractivity contribution in [1.82, 2.24) is 29.5 Å². The van der Waals surface area contributed by atoms with E-state index >= 15 is 0 Å². The van der Waals surface area contributed by atoms with Gasteiger partial charge in [0.25, 0.3) is 5.95 Å². The van der Waals surface area contributed by atoms with Gasteiger partial charge in [-0.15, -0.1) is 5.10 Å². The van der Waals surface area contributed by atoms with Crippen LogP contribution in [0, 0.1) is 6.92 Å². The summed E-state index contributed by atoms with van der Waals surface area (Å²) in [7, 11) is 2.22. The van der Waals surface area contributed by atoms with Gasteiger partial charge in [0.15, 0.2) is 0 Å². The Bertz CT molecular complexity index is 1770. The summed E-state index contributed by atoms with van der Waals surface area (Å²) in [5, 5.41) is 5.10. The number of fused-ring (bicyclic) bond motifs is 1. The number of hydrogen-bond acceptors (Lipinski definition) is 8. The van der Waals surface area contributed by atoms with Crippen LogP contribution in [0.1, 0.15) is 25.3 Å². The van der Waals surface area contributed by atoms with E-state index in [1.807, 2.05) is 29.2 Å². The molecule has 0 saturated carbocycles. The van der Waals surface area contributed by atoms with Gasteiger partial charge in [0, 0.05) is 68.9 Å². The van der Waals surface area contributed by atoms with Crippen LogP contribution in [-0.2, 0) is 0 Å². The first-order valence-corrected chi connectivity index (χ1v) is 17.5. The van der Waals surface area contributed by atoms with E-state index in [4.69, 9.17) is 10.1 Å². The molecule has 0 spiro atoms. The Labute approximate surface area is 285 Å². The van der Waals surface area contributed by atoms with E-state index in [2.05, 4.69) is 123 Å². The van der Waals surface area contributed by atoms with Crippen LogP contribution in [0.5, 0.6) is 0 Å². The number of anilines is 4. The normalized spacial score (nSPS) is 22.4. The van der Waals surface area contributed by atoms with Crippen molar-refractivity contribution in [3.8, 4) is 5.69 Å². The molecule has 1 aromatic heterocycles. The third-order valence-electron chi connectivity index (χ3n) is 10.5. The molecule has 9 heteroatoms. The molecule has 4 aliphatic rings. The van der Waals surface area contributed by atoms with Gasteiger partial charge in [-0.3, -0.25) is 14.7 Å². The van der Waals surface area contributed by atoms with E-state index in [0.29, 0.717) is 12.0 Å². The zero-order valence-corrected chi connectivity index (χ0v) is 28.5. The van der Waals surface area contributed by atoms with E-state index in [9.17, 15) is 0 Å². The summed E-state index contributed by atoms with van der Waals surface area (Å²) in [4.78, 5) is 20.0. The number of aromatic nitrogens is 3. The minimum atomic E-state index is 0.0551. The Morgan fingerprint density at radius 2 is 1.48 bits per heavy atom. The highest BCUT2D eigenvalue weighted by atomic mass is 15.4. The van der Waals surface area contributed by atoms with Crippen LogP contribution in [0.4, 0.5) is 23.0 Å². The highest BCUT2D eigenvalue weighted by Crippen LogP contribution is 2.38. The molecule has 248 valence electrons. The fourth-order valence-electron chi connectivity index (χ4n) is 7.93. The Hall–Kier alpha value is -4.44. The molecular formula is C39H47N9. The second-order valence-corrected chi connectivity index (χ2v) is 13.8. The minimum absolute atomic E-state index is 0.0551. The predicted molar refractivity (Wildman–Crippen MR) is 195 cm³/mol. The largest absolute Gasteiger partial charge is 0.369 e. The number of hydrogen-bond donors (Lipinski definition) is 0. The lowest BCUT2D eigenvalue weighted by molar-refractivity contribution is 0.129. The van der Waals surface area contributed by atoms with Crippen LogP contribution in [0.3, 0.4) is 0 Å². The maximum atomic E-state index is 5.10.